The van der Waals surface area contributed by atoms with Crippen LogP contribution in [0.2, 0.25) is 0 Å². The molecule has 0 radical (unpaired) electrons. The van der Waals surface area contributed by atoms with Gasteiger partial charge in [-0.05, 0) is 19.1 Å². The van der Waals surface area contributed by atoms with E-state index >= 15 is 0 Å². The van der Waals surface area contributed by atoms with Gasteiger partial charge in [-0.15, -0.1) is 0 Å². The topological polar surface area (TPSA) is 115 Å². The highest BCUT2D eigenvalue weighted by atomic mass is 16.1. The lowest BCUT2D eigenvalue weighted by Crippen LogP contribution is -2.39. The first kappa shape index (κ1) is 11.7. The summed E-state index contributed by atoms with van der Waals surface area (Å²) in [5, 5.41) is 19.3. The quantitative estimate of drug-likeness (QED) is 0.286. The first-order chi connectivity index (χ1) is 7.49. The molecule has 0 aromatic heterocycles. The Labute approximate surface area is 92.9 Å². The molecule has 0 amide bonds. The van der Waals surface area contributed by atoms with Crippen molar-refractivity contribution < 1.29 is 4.79 Å². The molecule has 0 atom stereocenters. The van der Waals surface area contributed by atoms with E-state index in [-0.39, 0.29) is 17.7 Å². The monoisotopic (exact) mass is 219 g/mol. The second-order valence-electron chi connectivity index (χ2n) is 3.18. The van der Waals surface area contributed by atoms with Crippen molar-refractivity contribution in [2.75, 3.05) is 5.32 Å². The molecular formula is C10H13N5O. The molecule has 1 rings (SSSR count). The summed E-state index contributed by atoms with van der Waals surface area (Å²) in [5.41, 5.74) is 6.21. The maximum Gasteiger partial charge on any atom is 0.199 e. The van der Waals surface area contributed by atoms with Crippen LogP contribution in [0, 0.1) is 10.8 Å². The first-order valence-electron chi connectivity index (χ1n) is 4.56. The minimum atomic E-state index is -0.319. The van der Waals surface area contributed by atoms with E-state index in [1.807, 2.05) is 0 Å². The highest BCUT2D eigenvalue weighted by Gasteiger charge is 2.02. The lowest BCUT2D eigenvalue weighted by molar-refractivity contribution is 0.101. The SMILES string of the molecule is CC(=O)c1cccc(NC(=N)NC(=N)N)c1. The Hall–Kier alpha value is -2.37. The minimum absolute atomic E-state index is 0.0466. The third kappa shape index (κ3) is 3.41. The summed E-state index contributed by atoms with van der Waals surface area (Å²) < 4.78 is 0. The smallest absolute Gasteiger partial charge is 0.199 e. The van der Waals surface area contributed by atoms with Crippen molar-refractivity contribution in [1.29, 1.82) is 10.8 Å². The summed E-state index contributed by atoms with van der Waals surface area (Å²) in [6.45, 7) is 1.47. The second kappa shape index (κ2) is 4.92. The molecule has 16 heavy (non-hydrogen) atoms. The number of carbonyl (C=O) groups is 1. The number of hydrogen-bond donors (Lipinski definition) is 5. The Morgan fingerprint density at radius 1 is 1.38 bits per heavy atom. The summed E-state index contributed by atoms with van der Waals surface area (Å²) in [4.78, 5) is 11.1. The van der Waals surface area contributed by atoms with E-state index in [1.165, 1.54) is 6.92 Å². The van der Waals surface area contributed by atoms with Gasteiger partial charge in [0, 0.05) is 11.3 Å². The lowest BCUT2D eigenvalue weighted by Gasteiger charge is -2.09. The molecule has 0 aliphatic rings. The highest BCUT2D eigenvalue weighted by Crippen LogP contribution is 2.10. The maximum absolute atomic E-state index is 11.1. The van der Waals surface area contributed by atoms with Gasteiger partial charge in [0.15, 0.2) is 17.7 Å². The molecule has 0 fully saturated rings. The van der Waals surface area contributed by atoms with Gasteiger partial charge in [0.2, 0.25) is 0 Å². The zero-order chi connectivity index (χ0) is 12.1. The van der Waals surface area contributed by atoms with E-state index in [4.69, 9.17) is 16.6 Å². The largest absolute Gasteiger partial charge is 0.370 e. The summed E-state index contributed by atoms with van der Waals surface area (Å²) in [6.07, 6.45) is 0. The molecule has 0 saturated carbocycles. The van der Waals surface area contributed by atoms with Gasteiger partial charge in [0.25, 0.3) is 0 Å². The van der Waals surface area contributed by atoms with Crippen LogP contribution in [0.5, 0.6) is 0 Å². The van der Waals surface area contributed by atoms with Crippen LogP contribution < -0.4 is 16.4 Å². The number of benzene rings is 1. The molecule has 0 saturated heterocycles. The fraction of sp³-hybridized carbons (Fsp3) is 0.100. The summed E-state index contributed by atoms with van der Waals surface area (Å²) in [7, 11) is 0. The van der Waals surface area contributed by atoms with E-state index < -0.39 is 0 Å². The molecular weight excluding hydrogens is 206 g/mol. The number of ketones is 1. The van der Waals surface area contributed by atoms with Crippen LogP contribution in [0.1, 0.15) is 17.3 Å². The lowest BCUT2D eigenvalue weighted by atomic mass is 10.1. The average Bonchev–Trinajstić information content (AvgIpc) is 2.16. The third-order valence-corrected chi connectivity index (χ3v) is 1.80. The van der Waals surface area contributed by atoms with Crippen LogP contribution in [0.4, 0.5) is 5.69 Å². The Morgan fingerprint density at radius 3 is 2.62 bits per heavy atom. The van der Waals surface area contributed by atoms with Crippen molar-refractivity contribution in [2.24, 2.45) is 5.73 Å². The van der Waals surface area contributed by atoms with Crippen molar-refractivity contribution in [2.45, 2.75) is 6.92 Å². The number of nitrogens with two attached hydrogens (primary N) is 1. The third-order valence-electron chi connectivity index (χ3n) is 1.80. The van der Waals surface area contributed by atoms with Crippen molar-refractivity contribution in [1.82, 2.24) is 5.32 Å². The summed E-state index contributed by atoms with van der Waals surface area (Å²) in [5.74, 6) is -0.483. The fourth-order valence-corrected chi connectivity index (χ4v) is 1.13. The molecule has 6 nitrogen and oxygen atoms in total. The Morgan fingerprint density at radius 2 is 2.06 bits per heavy atom. The first-order valence-corrected chi connectivity index (χ1v) is 4.56. The summed E-state index contributed by atoms with van der Waals surface area (Å²) in [6, 6.07) is 6.73. The highest BCUT2D eigenvalue weighted by molar-refractivity contribution is 6.03. The van der Waals surface area contributed by atoms with Crippen LogP contribution in [-0.4, -0.2) is 17.7 Å². The molecule has 0 aliphatic carbocycles. The number of hydrogen-bond acceptors (Lipinski definition) is 3. The molecule has 0 spiro atoms. The number of anilines is 1. The Balaban J connectivity index is 2.74. The van der Waals surface area contributed by atoms with Crippen molar-refractivity contribution >= 4 is 23.4 Å². The van der Waals surface area contributed by atoms with Gasteiger partial charge in [-0.3, -0.25) is 20.9 Å². The second-order valence-corrected chi connectivity index (χ2v) is 3.18. The molecule has 0 unspecified atom stereocenters. The number of nitrogens with one attached hydrogen (secondary N) is 4. The summed E-state index contributed by atoms with van der Waals surface area (Å²) >= 11 is 0. The van der Waals surface area contributed by atoms with E-state index in [1.54, 1.807) is 24.3 Å². The van der Waals surface area contributed by atoms with Gasteiger partial charge >= 0.3 is 0 Å². The van der Waals surface area contributed by atoms with Crippen molar-refractivity contribution in [3.05, 3.63) is 29.8 Å². The van der Waals surface area contributed by atoms with Gasteiger partial charge in [0.1, 0.15) is 0 Å². The van der Waals surface area contributed by atoms with Gasteiger partial charge in [0.05, 0.1) is 0 Å². The van der Waals surface area contributed by atoms with Crippen molar-refractivity contribution in [3.63, 3.8) is 0 Å². The normalized spacial score (nSPS) is 9.31. The zero-order valence-electron chi connectivity index (χ0n) is 8.79. The van der Waals surface area contributed by atoms with E-state index in [0.29, 0.717) is 11.3 Å². The van der Waals surface area contributed by atoms with Crippen LogP contribution in [-0.2, 0) is 0 Å². The van der Waals surface area contributed by atoms with Crippen LogP contribution in [0.15, 0.2) is 24.3 Å². The Kier molecular flexibility index (Phi) is 3.60. The molecule has 1 aromatic rings. The number of carbonyl (C=O) groups excluding carboxylic acids is 1. The number of rotatable bonds is 2. The number of Topliss-reactive ketones (excluding diaryl/α,β-unsaturated/α-hetero) is 1. The maximum atomic E-state index is 11.1. The fourth-order valence-electron chi connectivity index (χ4n) is 1.13. The average molecular weight is 219 g/mol. The van der Waals surface area contributed by atoms with E-state index in [9.17, 15) is 4.79 Å². The van der Waals surface area contributed by atoms with Crippen LogP contribution >= 0.6 is 0 Å². The van der Waals surface area contributed by atoms with Crippen LogP contribution in [0.3, 0.4) is 0 Å². The predicted molar refractivity (Wildman–Crippen MR) is 62.8 cm³/mol. The van der Waals surface area contributed by atoms with E-state index in [0.717, 1.165) is 0 Å². The minimum Gasteiger partial charge on any atom is -0.370 e. The number of guanidine groups is 2. The Bertz CT molecular complexity index is 441. The van der Waals surface area contributed by atoms with Crippen LogP contribution in [0.25, 0.3) is 0 Å². The molecule has 1 aromatic carbocycles. The van der Waals surface area contributed by atoms with E-state index in [2.05, 4.69) is 10.6 Å². The molecule has 84 valence electrons. The standard InChI is InChI=1S/C10H13N5O/c1-6(16)7-3-2-4-8(5-7)14-10(13)15-9(11)12/h2-5H,1H3,(H6,11,12,13,14,15). The molecule has 0 aliphatic heterocycles. The predicted octanol–water partition coefficient (Wildman–Crippen LogP) is 0.719. The van der Waals surface area contributed by atoms with Gasteiger partial charge < -0.3 is 11.1 Å². The van der Waals surface area contributed by atoms with Gasteiger partial charge in [-0.1, -0.05) is 12.1 Å². The molecule has 6 N–H and O–H groups in total. The molecule has 0 bridgehead atoms. The molecule has 0 heterocycles. The molecule has 6 heteroatoms. The van der Waals surface area contributed by atoms with Gasteiger partial charge in [-0.2, -0.15) is 0 Å². The zero-order valence-corrected chi connectivity index (χ0v) is 8.79. The van der Waals surface area contributed by atoms with Crippen molar-refractivity contribution in [3.8, 4) is 0 Å². The van der Waals surface area contributed by atoms with Gasteiger partial charge in [-0.25, -0.2) is 0 Å².